The van der Waals surface area contributed by atoms with Gasteiger partial charge in [-0.2, -0.15) is 0 Å². The number of ether oxygens (including phenoxy) is 1. The topological polar surface area (TPSA) is 84.7 Å². The number of carbonyl (C=O) groups is 2. The monoisotopic (exact) mass is 551 g/mol. The molecule has 1 fully saturated rings. The highest BCUT2D eigenvalue weighted by Gasteiger charge is 2.40. The van der Waals surface area contributed by atoms with Crippen molar-refractivity contribution in [3.8, 4) is 22.6 Å². The van der Waals surface area contributed by atoms with Crippen molar-refractivity contribution in [3.05, 3.63) is 120 Å². The third-order valence-corrected chi connectivity index (χ3v) is 7.33. The van der Waals surface area contributed by atoms with Crippen molar-refractivity contribution >= 4 is 11.8 Å². The second-order valence-corrected chi connectivity index (χ2v) is 10.3. The Balaban J connectivity index is 1.29. The molecule has 5 rings (SSSR count). The number of benzene rings is 4. The lowest BCUT2D eigenvalue weighted by atomic mass is 9.96. The minimum Gasteiger partial charge on any atom is -0.457 e. The minimum absolute atomic E-state index is 0.0962. The van der Waals surface area contributed by atoms with Crippen LogP contribution in [-0.4, -0.2) is 35.3 Å². The van der Waals surface area contributed by atoms with Crippen LogP contribution in [0.1, 0.15) is 30.4 Å². The summed E-state index contributed by atoms with van der Waals surface area (Å²) in [7, 11) is 0. The molecule has 210 valence electrons. The van der Waals surface area contributed by atoms with Gasteiger partial charge in [-0.05, 0) is 84.5 Å². The molecule has 0 bridgehead atoms. The van der Waals surface area contributed by atoms with Gasteiger partial charge in [-0.25, -0.2) is 4.39 Å². The van der Waals surface area contributed by atoms with Crippen LogP contribution in [0.2, 0.25) is 0 Å². The van der Waals surface area contributed by atoms with Crippen LogP contribution in [0.15, 0.2) is 103 Å². The van der Waals surface area contributed by atoms with E-state index in [1.807, 2.05) is 42.5 Å². The predicted octanol–water partition coefficient (Wildman–Crippen LogP) is 5.85. The minimum atomic E-state index is -0.666. The average molecular weight is 552 g/mol. The van der Waals surface area contributed by atoms with E-state index in [4.69, 9.17) is 10.5 Å². The van der Waals surface area contributed by atoms with E-state index in [1.165, 1.54) is 12.1 Å². The lowest BCUT2D eigenvalue weighted by molar-refractivity contribution is -0.150. The molecule has 0 saturated carbocycles. The maximum Gasteiger partial charge on any atom is 0.246 e. The van der Waals surface area contributed by atoms with Gasteiger partial charge in [0.2, 0.25) is 11.8 Å². The molecule has 2 amide bonds. The number of amides is 2. The van der Waals surface area contributed by atoms with Gasteiger partial charge in [0.25, 0.3) is 0 Å². The van der Waals surface area contributed by atoms with Crippen LogP contribution in [0.4, 0.5) is 4.39 Å². The summed E-state index contributed by atoms with van der Waals surface area (Å²) in [5, 5.41) is 2.97. The maximum absolute atomic E-state index is 13.8. The Morgan fingerprint density at radius 2 is 1.37 bits per heavy atom. The van der Waals surface area contributed by atoms with Gasteiger partial charge in [0.1, 0.15) is 29.4 Å². The molecule has 0 radical (unpaired) electrons. The van der Waals surface area contributed by atoms with E-state index in [-0.39, 0.29) is 17.6 Å². The first kappa shape index (κ1) is 28.1. The predicted molar refractivity (Wildman–Crippen MR) is 158 cm³/mol. The Labute approximate surface area is 239 Å². The molecule has 1 heterocycles. The third kappa shape index (κ3) is 7.18. The summed E-state index contributed by atoms with van der Waals surface area (Å²) < 4.78 is 18.9. The summed E-state index contributed by atoms with van der Waals surface area (Å²) in [6.07, 6.45) is 2.50. The van der Waals surface area contributed by atoms with Gasteiger partial charge >= 0.3 is 0 Å². The molecular formula is C34H34FN3O3. The summed E-state index contributed by atoms with van der Waals surface area (Å²) in [4.78, 5) is 28.8. The molecular weight excluding hydrogens is 517 g/mol. The van der Waals surface area contributed by atoms with Gasteiger partial charge in [0.05, 0.1) is 0 Å². The van der Waals surface area contributed by atoms with Crippen LogP contribution in [0, 0.1) is 5.82 Å². The largest absolute Gasteiger partial charge is 0.457 e. The lowest BCUT2D eigenvalue weighted by Gasteiger charge is -2.39. The third-order valence-electron chi connectivity index (χ3n) is 7.33. The normalized spacial score (nSPS) is 16.9. The first-order valence-corrected chi connectivity index (χ1v) is 14.0. The molecule has 1 aliphatic heterocycles. The molecule has 0 spiro atoms. The average Bonchev–Trinajstić information content (AvgIpc) is 3.00. The number of rotatable bonds is 11. The second-order valence-electron chi connectivity index (χ2n) is 10.3. The second kappa shape index (κ2) is 13.2. The van der Waals surface area contributed by atoms with Gasteiger partial charge in [0.15, 0.2) is 0 Å². The van der Waals surface area contributed by atoms with E-state index in [9.17, 15) is 14.0 Å². The highest BCUT2D eigenvalue weighted by molar-refractivity contribution is 5.97. The van der Waals surface area contributed by atoms with E-state index >= 15 is 0 Å². The first-order chi connectivity index (χ1) is 20.0. The van der Waals surface area contributed by atoms with Crippen molar-refractivity contribution in [2.75, 3.05) is 6.54 Å². The zero-order valence-corrected chi connectivity index (χ0v) is 22.8. The number of nitrogens with zero attached hydrogens (tertiary/aromatic N) is 1. The van der Waals surface area contributed by atoms with Gasteiger partial charge in [-0.1, -0.05) is 66.7 Å². The van der Waals surface area contributed by atoms with Crippen molar-refractivity contribution < 1.29 is 18.7 Å². The summed E-state index contributed by atoms with van der Waals surface area (Å²) in [6, 6.07) is 30.2. The standard InChI is InChI=1S/C34H34FN3O3/c35-28-15-19-30(20-16-28)41-29-17-11-24(12-18-29)22-31-34(40)38(32(33(39)37-31)8-4-5-21-36)23-25-9-13-27(14-10-25)26-6-2-1-3-7-26/h1-3,6-7,9-20,31-32H,4-5,8,21-23,36H2,(H,37,39). The SMILES string of the molecule is NCCCCC1C(=O)NC(Cc2ccc(Oc3ccc(F)cc3)cc2)C(=O)N1Cc1ccc(-c2ccccc2)cc1. The van der Waals surface area contributed by atoms with E-state index in [0.29, 0.717) is 37.4 Å². The molecule has 41 heavy (non-hydrogen) atoms. The summed E-state index contributed by atoms with van der Waals surface area (Å²) in [5.41, 5.74) is 9.78. The Morgan fingerprint density at radius 1 is 0.756 bits per heavy atom. The molecule has 1 aliphatic rings. The number of nitrogens with one attached hydrogen (secondary N) is 1. The number of piperazine rings is 1. The molecule has 1 saturated heterocycles. The Morgan fingerprint density at radius 3 is 2.02 bits per heavy atom. The van der Waals surface area contributed by atoms with Gasteiger partial charge in [-0.3, -0.25) is 9.59 Å². The fourth-order valence-electron chi connectivity index (χ4n) is 5.12. The molecule has 4 aromatic rings. The highest BCUT2D eigenvalue weighted by atomic mass is 19.1. The van der Waals surface area contributed by atoms with Crippen molar-refractivity contribution in [1.29, 1.82) is 0 Å². The molecule has 0 aliphatic carbocycles. The number of hydrogen-bond donors (Lipinski definition) is 2. The van der Waals surface area contributed by atoms with E-state index in [2.05, 4.69) is 29.6 Å². The molecule has 2 unspecified atom stereocenters. The highest BCUT2D eigenvalue weighted by Crippen LogP contribution is 2.25. The van der Waals surface area contributed by atoms with Crippen LogP contribution in [0.3, 0.4) is 0 Å². The van der Waals surface area contributed by atoms with Crippen LogP contribution in [0.5, 0.6) is 11.5 Å². The fraction of sp³-hybridized carbons (Fsp3) is 0.235. The van der Waals surface area contributed by atoms with Gasteiger partial charge in [-0.15, -0.1) is 0 Å². The fourth-order valence-corrected chi connectivity index (χ4v) is 5.12. The van der Waals surface area contributed by atoms with Crippen molar-refractivity contribution in [3.63, 3.8) is 0 Å². The van der Waals surface area contributed by atoms with Crippen molar-refractivity contribution in [1.82, 2.24) is 10.2 Å². The molecule has 3 N–H and O–H groups in total. The number of nitrogens with two attached hydrogens (primary N) is 1. The molecule has 2 atom stereocenters. The van der Waals surface area contributed by atoms with E-state index in [1.54, 1.807) is 29.2 Å². The van der Waals surface area contributed by atoms with Crippen LogP contribution >= 0.6 is 0 Å². The molecule has 6 nitrogen and oxygen atoms in total. The zero-order valence-electron chi connectivity index (χ0n) is 22.8. The molecule has 4 aromatic carbocycles. The van der Waals surface area contributed by atoms with Gasteiger partial charge < -0.3 is 20.7 Å². The number of unbranched alkanes of at least 4 members (excludes halogenated alkanes) is 1. The van der Waals surface area contributed by atoms with Crippen molar-refractivity contribution in [2.24, 2.45) is 5.73 Å². The Kier molecular flexibility index (Phi) is 9.06. The van der Waals surface area contributed by atoms with Gasteiger partial charge in [0, 0.05) is 13.0 Å². The summed E-state index contributed by atoms with van der Waals surface area (Å²) in [5.74, 6) is 0.568. The number of hydrogen-bond acceptors (Lipinski definition) is 4. The number of carbonyl (C=O) groups excluding carboxylic acids is 2. The van der Waals surface area contributed by atoms with Crippen molar-refractivity contribution in [2.45, 2.75) is 44.3 Å². The van der Waals surface area contributed by atoms with E-state index < -0.39 is 12.1 Å². The summed E-state index contributed by atoms with van der Waals surface area (Å²) >= 11 is 0. The number of halogens is 1. The quantitative estimate of drug-likeness (QED) is 0.229. The Hall–Kier alpha value is -4.49. The van der Waals surface area contributed by atoms with Crippen LogP contribution < -0.4 is 15.8 Å². The first-order valence-electron chi connectivity index (χ1n) is 14.0. The Bertz CT molecular complexity index is 1440. The maximum atomic E-state index is 13.8. The zero-order chi connectivity index (χ0) is 28.6. The smallest absolute Gasteiger partial charge is 0.246 e. The molecule has 7 heteroatoms. The lowest BCUT2D eigenvalue weighted by Crippen LogP contribution is -2.63. The molecule has 0 aromatic heterocycles. The van der Waals surface area contributed by atoms with Crippen LogP contribution in [-0.2, 0) is 22.6 Å². The van der Waals surface area contributed by atoms with E-state index in [0.717, 1.165) is 35.1 Å². The summed E-state index contributed by atoms with van der Waals surface area (Å²) in [6.45, 7) is 0.905. The van der Waals surface area contributed by atoms with Crippen LogP contribution in [0.25, 0.3) is 11.1 Å².